The monoisotopic (exact) mass is 868 g/mol. The standard InChI is InChI=1S/C48H86NO10P/c1-3-5-7-9-11-13-15-17-19-21-22-24-25-27-29-31-33-35-37-39-46(51)49-45(48(53)54)43-59-60(55,56)58-42-44(50)41-57-47(52)40-38-36-34-32-30-28-26-23-20-18-16-14-12-10-8-6-4-2/h11-14,17-20,44-45,50H,3-10,15-16,21-43H2,1-2H3,(H,49,51)(H,53,54)(H,55,56)/b13-11-,14-12-,19-17-,20-18-. The van der Waals surface area contributed by atoms with Gasteiger partial charge in [-0.15, -0.1) is 0 Å². The number of aliphatic hydroxyl groups is 1. The van der Waals surface area contributed by atoms with Crippen LogP contribution >= 0.6 is 7.82 Å². The maximum atomic E-state index is 12.3. The molecule has 11 nitrogen and oxygen atoms in total. The first-order valence-corrected chi connectivity index (χ1v) is 25.2. The molecule has 3 atom stereocenters. The van der Waals surface area contributed by atoms with Gasteiger partial charge in [0.25, 0.3) is 0 Å². The number of carbonyl (C=O) groups excluding carboxylic acids is 2. The minimum atomic E-state index is -4.76. The van der Waals surface area contributed by atoms with Crippen LogP contribution in [0, 0.1) is 0 Å². The van der Waals surface area contributed by atoms with Crippen LogP contribution < -0.4 is 5.32 Å². The van der Waals surface area contributed by atoms with E-state index in [0.717, 1.165) is 70.6 Å². The quantitative estimate of drug-likeness (QED) is 0.0200. The number of amides is 1. The second-order valence-corrected chi connectivity index (χ2v) is 17.4. The minimum Gasteiger partial charge on any atom is -0.480 e. The Morgan fingerprint density at radius 1 is 0.533 bits per heavy atom. The molecule has 0 rings (SSSR count). The Bertz CT molecular complexity index is 1200. The highest BCUT2D eigenvalue weighted by molar-refractivity contribution is 7.47. The molecular formula is C48H86NO10P. The van der Waals surface area contributed by atoms with Crippen LogP contribution in [0.25, 0.3) is 0 Å². The van der Waals surface area contributed by atoms with Gasteiger partial charge in [0, 0.05) is 12.8 Å². The lowest BCUT2D eigenvalue weighted by Gasteiger charge is -2.18. The van der Waals surface area contributed by atoms with Crippen molar-refractivity contribution in [3.63, 3.8) is 0 Å². The molecule has 12 heteroatoms. The van der Waals surface area contributed by atoms with E-state index in [1.54, 1.807) is 0 Å². The molecule has 60 heavy (non-hydrogen) atoms. The summed E-state index contributed by atoms with van der Waals surface area (Å²) >= 11 is 0. The van der Waals surface area contributed by atoms with Gasteiger partial charge in [0.05, 0.1) is 13.2 Å². The van der Waals surface area contributed by atoms with Crippen molar-refractivity contribution in [1.82, 2.24) is 5.32 Å². The molecule has 0 fully saturated rings. The Morgan fingerprint density at radius 3 is 1.35 bits per heavy atom. The molecule has 0 aromatic heterocycles. The molecule has 0 saturated heterocycles. The maximum Gasteiger partial charge on any atom is 0.472 e. The molecule has 0 heterocycles. The SMILES string of the molecule is CCCCC/C=C\C/C=C\CCCCCCCCCCCC(=O)NC(COP(=O)(O)OCC(O)COC(=O)CCCCCCCCC/C=C\C/C=C\CCCCC)C(=O)O. The number of carbonyl (C=O) groups is 3. The zero-order valence-electron chi connectivity index (χ0n) is 37.8. The van der Waals surface area contributed by atoms with E-state index >= 15 is 0 Å². The van der Waals surface area contributed by atoms with Gasteiger partial charge in [-0.2, -0.15) is 0 Å². The van der Waals surface area contributed by atoms with Crippen molar-refractivity contribution in [3.05, 3.63) is 48.6 Å². The average Bonchev–Trinajstić information content (AvgIpc) is 3.22. The smallest absolute Gasteiger partial charge is 0.472 e. The zero-order chi connectivity index (χ0) is 44.2. The largest absolute Gasteiger partial charge is 0.480 e. The summed E-state index contributed by atoms with van der Waals surface area (Å²) in [6.07, 6.45) is 48.4. The number of ether oxygens (including phenoxy) is 1. The van der Waals surface area contributed by atoms with Crippen LogP contribution in [0.1, 0.15) is 206 Å². The molecule has 0 aliphatic rings. The summed E-state index contributed by atoms with van der Waals surface area (Å²) in [7, 11) is -4.76. The van der Waals surface area contributed by atoms with Crippen LogP contribution in [-0.2, 0) is 32.7 Å². The van der Waals surface area contributed by atoms with E-state index in [0.29, 0.717) is 12.8 Å². The Morgan fingerprint density at radius 2 is 0.917 bits per heavy atom. The van der Waals surface area contributed by atoms with Gasteiger partial charge in [-0.05, 0) is 77.0 Å². The minimum absolute atomic E-state index is 0.139. The number of rotatable bonds is 44. The lowest BCUT2D eigenvalue weighted by Crippen LogP contribution is -2.43. The first kappa shape index (κ1) is 57.4. The van der Waals surface area contributed by atoms with Crippen LogP contribution in [-0.4, -0.2) is 64.9 Å². The summed E-state index contributed by atoms with van der Waals surface area (Å²) < 4.78 is 26.9. The number of carboxylic acid groups (broad SMARTS) is 1. The molecule has 0 aliphatic heterocycles. The number of nitrogens with one attached hydrogen (secondary N) is 1. The van der Waals surface area contributed by atoms with Crippen molar-refractivity contribution in [2.45, 2.75) is 219 Å². The molecule has 1 amide bonds. The van der Waals surface area contributed by atoms with Gasteiger partial charge in [-0.25, -0.2) is 9.36 Å². The Balaban J connectivity index is 3.89. The predicted molar refractivity (Wildman–Crippen MR) is 245 cm³/mol. The lowest BCUT2D eigenvalue weighted by molar-refractivity contribution is -0.147. The summed E-state index contributed by atoms with van der Waals surface area (Å²) in [5.74, 6) is -2.39. The molecular weight excluding hydrogens is 781 g/mol. The fourth-order valence-corrected chi connectivity index (χ4v) is 7.15. The fourth-order valence-electron chi connectivity index (χ4n) is 6.38. The summed E-state index contributed by atoms with van der Waals surface area (Å²) in [6.45, 7) is 2.54. The number of aliphatic hydroxyl groups excluding tert-OH is 1. The molecule has 0 saturated carbocycles. The van der Waals surface area contributed by atoms with Gasteiger partial charge < -0.3 is 25.2 Å². The molecule has 0 spiro atoms. The van der Waals surface area contributed by atoms with Crippen molar-refractivity contribution in [3.8, 4) is 0 Å². The average molecular weight is 868 g/mol. The van der Waals surface area contributed by atoms with Crippen molar-refractivity contribution in [2.75, 3.05) is 19.8 Å². The lowest BCUT2D eigenvalue weighted by atomic mass is 10.1. The molecule has 0 aromatic carbocycles. The van der Waals surface area contributed by atoms with Crippen LogP contribution in [0.2, 0.25) is 0 Å². The van der Waals surface area contributed by atoms with Crippen molar-refractivity contribution in [2.24, 2.45) is 0 Å². The molecule has 0 aromatic rings. The predicted octanol–water partition coefficient (Wildman–Crippen LogP) is 12.6. The molecule has 3 unspecified atom stereocenters. The highest BCUT2D eigenvalue weighted by atomic mass is 31.2. The Kier molecular flexibility index (Phi) is 41.3. The Labute approximate surface area is 364 Å². The highest BCUT2D eigenvalue weighted by Crippen LogP contribution is 2.43. The summed E-state index contributed by atoms with van der Waals surface area (Å²) in [4.78, 5) is 46.0. The van der Waals surface area contributed by atoms with E-state index in [2.05, 4.69) is 67.8 Å². The third-order valence-corrected chi connectivity index (χ3v) is 11.0. The topological polar surface area (TPSA) is 169 Å². The van der Waals surface area contributed by atoms with Crippen LogP contribution in [0.4, 0.5) is 0 Å². The van der Waals surface area contributed by atoms with E-state index < -0.39 is 57.6 Å². The van der Waals surface area contributed by atoms with E-state index in [1.807, 2.05) is 0 Å². The van der Waals surface area contributed by atoms with E-state index in [9.17, 15) is 34.1 Å². The van der Waals surface area contributed by atoms with Gasteiger partial charge in [0.15, 0.2) is 6.04 Å². The molecule has 0 aliphatic carbocycles. The Hall–Kier alpha value is -2.56. The van der Waals surface area contributed by atoms with Crippen LogP contribution in [0.3, 0.4) is 0 Å². The summed E-state index contributed by atoms with van der Waals surface area (Å²) in [5.41, 5.74) is 0. The third-order valence-electron chi connectivity index (χ3n) is 10.1. The zero-order valence-corrected chi connectivity index (χ0v) is 38.6. The molecule has 0 radical (unpaired) electrons. The molecule has 4 N–H and O–H groups in total. The summed E-state index contributed by atoms with van der Waals surface area (Å²) in [5, 5.41) is 21.9. The van der Waals surface area contributed by atoms with Crippen LogP contribution in [0.5, 0.6) is 0 Å². The van der Waals surface area contributed by atoms with Crippen molar-refractivity contribution >= 4 is 25.7 Å². The van der Waals surface area contributed by atoms with Crippen LogP contribution in [0.15, 0.2) is 48.6 Å². The number of unbranched alkanes of at least 4 members (excludes halogenated alkanes) is 22. The molecule has 0 bridgehead atoms. The van der Waals surface area contributed by atoms with E-state index in [-0.39, 0.29) is 12.8 Å². The second-order valence-electron chi connectivity index (χ2n) is 15.9. The normalized spacial score (nSPS) is 14.1. The number of allylic oxidation sites excluding steroid dienone is 8. The van der Waals surface area contributed by atoms with E-state index in [1.165, 1.54) is 96.3 Å². The number of esters is 1. The second kappa shape index (κ2) is 43.1. The maximum absolute atomic E-state index is 12.3. The summed E-state index contributed by atoms with van der Waals surface area (Å²) in [6, 6.07) is -1.55. The van der Waals surface area contributed by atoms with Gasteiger partial charge in [0.1, 0.15) is 12.7 Å². The highest BCUT2D eigenvalue weighted by Gasteiger charge is 2.28. The first-order valence-electron chi connectivity index (χ1n) is 23.7. The van der Waals surface area contributed by atoms with Gasteiger partial charge in [0.2, 0.25) is 5.91 Å². The van der Waals surface area contributed by atoms with E-state index in [4.69, 9.17) is 13.8 Å². The third kappa shape index (κ3) is 42.1. The number of phosphoric ester groups is 1. The van der Waals surface area contributed by atoms with Crippen molar-refractivity contribution < 1.29 is 47.8 Å². The number of phosphoric acid groups is 1. The van der Waals surface area contributed by atoms with Crippen molar-refractivity contribution in [1.29, 1.82) is 0 Å². The molecule has 348 valence electrons. The number of hydrogen-bond acceptors (Lipinski definition) is 8. The number of aliphatic carboxylic acids is 1. The first-order chi connectivity index (χ1) is 29.1. The fraction of sp³-hybridized carbons (Fsp3) is 0.771. The number of hydrogen-bond donors (Lipinski definition) is 4. The van der Waals surface area contributed by atoms with Gasteiger partial charge in [-0.1, -0.05) is 165 Å². The number of carboxylic acids is 1. The van der Waals surface area contributed by atoms with Gasteiger partial charge in [-0.3, -0.25) is 18.6 Å². The van der Waals surface area contributed by atoms with Gasteiger partial charge >= 0.3 is 19.8 Å².